The van der Waals surface area contributed by atoms with Crippen LogP contribution in [0.1, 0.15) is 26.7 Å². The largest absolute Gasteiger partial charge is 0.236 e. The second-order valence-corrected chi connectivity index (χ2v) is 2.58. The quantitative estimate of drug-likeness (QED) is 0.412. The maximum atomic E-state index is 5.06. The Labute approximate surface area is 61.8 Å². The zero-order valence-corrected chi connectivity index (χ0v) is 6.59. The zero-order valence-electron chi connectivity index (χ0n) is 6.59. The highest BCUT2D eigenvalue weighted by Crippen LogP contribution is 2.16. The van der Waals surface area contributed by atoms with Crippen LogP contribution >= 0.6 is 0 Å². The van der Waals surface area contributed by atoms with E-state index in [0.717, 1.165) is 19.4 Å². The van der Waals surface area contributed by atoms with Crippen molar-refractivity contribution in [2.45, 2.75) is 32.8 Å². The molecular weight excluding hydrogens is 128 g/mol. The van der Waals surface area contributed by atoms with Crippen LogP contribution in [0, 0.1) is 0 Å². The van der Waals surface area contributed by atoms with E-state index in [9.17, 15) is 0 Å². The highest BCUT2D eigenvalue weighted by atomic mass is 17.2. The van der Waals surface area contributed by atoms with Gasteiger partial charge in [-0.1, -0.05) is 6.08 Å². The number of hydrogen-bond acceptors (Lipinski definition) is 2. The molecule has 1 unspecified atom stereocenters. The Morgan fingerprint density at radius 1 is 1.60 bits per heavy atom. The lowest BCUT2D eigenvalue weighted by molar-refractivity contribution is -0.335. The molecule has 0 saturated carbocycles. The topological polar surface area (TPSA) is 18.5 Å². The van der Waals surface area contributed by atoms with E-state index in [1.54, 1.807) is 0 Å². The summed E-state index contributed by atoms with van der Waals surface area (Å²) in [5.74, 6) is 0. The molecule has 1 saturated heterocycles. The van der Waals surface area contributed by atoms with Gasteiger partial charge in [0.15, 0.2) is 0 Å². The molecule has 58 valence electrons. The molecule has 0 radical (unpaired) electrons. The molecule has 0 N–H and O–H groups in total. The van der Waals surface area contributed by atoms with Gasteiger partial charge >= 0.3 is 0 Å². The van der Waals surface area contributed by atoms with E-state index in [4.69, 9.17) is 9.78 Å². The minimum atomic E-state index is 0.207. The summed E-state index contributed by atoms with van der Waals surface area (Å²) in [5, 5.41) is 0. The van der Waals surface area contributed by atoms with Crippen LogP contribution in [-0.2, 0) is 9.78 Å². The van der Waals surface area contributed by atoms with Crippen molar-refractivity contribution in [3.05, 3.63) is 11.6 Å². The molecule has 0 amide bonds. The third kappa shape index (κ3) is 1.82. The van der Waals surface area contributed by atoms with Crippen molar-refractivity contribution in [2.24, 2.45) is 0 Å². The fourth-order valence-electron chi connectivity index (χ4n) is 0.995. The molecule has 1 aliphatic heterocycles. The predicted octanol–water partition coefficient (Wildman–Crippen LogP) is 2.06. The highest BCUT2D eigenvalue weighted by molar-refractivity contribution is 5.03. The summed E-state index contributed by atoms with van der Waals surface area (Å²) in [6.45, 7) is 4.83. The molecule has 1 atom stereocenters. The van der Waals surface area contributed by atoms with Crippen molar-refractivity contribution < 1.29 is 9.78 Å². The van der Waals surface area contributed by atoms with E-state index >= 15 is 0 Å². The SMILES string of the molecule is CC=C(C)C1CCCOO1. The molecule has 10 heavy (non-hydrogen) atoms. The molecule has 0 bridgehead atoms. The Balaban J connectivity index is 2.39. The lowest BCUT2D eigenvalue weighted by Crippen LogP contribution is -2.20. The van der Waals surface area contributed by atoms with Gasteiger partial charge in [-0.15, -0.1) is 0 Å². The van der Waals surface area contributed by atoms with Gasteiger partial charge in [-0.25, -0.2) is 9.78 Å². The Hall–Kier alpha value is -0.340. The fourth-order valence-corrected chi connectivity index (χ4v) is 0.995. The summed E-state index contributed by atoms with van der Waals surface area (Å²) < 4.78 is 0. The first-order valence-electron chi connectivity index (χ1n) is 3.75. The molecule has 1 fully saturated rings. The Morgan fingerprint density at radius 3 is 2.90 bits per heavy atom. The minimum Gasteiger partial charge on any atom is -0.236 e. The average molecular weight is 142 g/mol. The Bertz CT molecular complexity index is 123. The van der Waals surface area contributed by atoms with Crippen molar-refractivity contribution in [1.82, 2.24) is 0 Å². The van der Waals surface area contributed by atoms with Gasteiger partial charge in [0.1, 0.15) is 6.10 Å². The van der Waals surface area contributed by atoms with Gasteiger partial charge in [-0.3, -0.25) is 0 Å². The molecular formula is C8H14O2. The first kappa shape index (κ1) is 7.76. The van der Waals surface area contributed by atoms with Crippen molar-refractivity contribution in [3.8, 4) is 0 Å². The van der Waals surface area contributed by atoms with Gasteiger partial charge in [0.05, 0.1) is 6.61 Å². The van der Waals surface area contributed by atoms with Crippen molar-refractivity contribution in [3.63, 3.8) is 0 Å². The third-order valence-corrected chi connectivity index (χ3v) is 1.84. The van der Waals surface area contributed by atoms with E-state index in [1.807, 2.05) is 6.92 Å². The standard InChI is InChI=1S/C8H14O2/c1-3-7(2)8-5-4-6-9-10-8/h3,8H,4-6H2,1-2H3. The highest BCUT2D eigenvalue weighted by Gasteiger charge is 2.15. The summed E-state index contributed by atoms with van der Waals surface area (Å²) in [7, 11) is 0. The molecule has 0 aliphatic carbocycles. The van der Waals surface area contributed by atoms with Gasteiger partial charge in [-0.2, -0.15) is 0 Å². The monoisotopic (exact) mass is 142 g/mol. The van der Waals surface area contributed by atoms with Crippen LogP contribution < -0.4 is 0 Å². The molecule has 1 aliphatic rings. The van der Waals surface area contributed by atoms with Crippen LogP contribution in [0.25, 0.3) is 0 Å². The van der Waals surface area contributed by atoms with Gasteiger partial charge in [0.2, 0.25) is 0 Å². The van der Waals surface area contributed by atoms with Gasteiger partial charge in [0, 0.05) is 0 Å². The second-order valence-electron chi connectivity index (χ2n) is 2.58. The molecule has 0 spiro atoms. The molecule has 0 aromatic rings. The minimum absolute atomic E-state index is 0.207. The second kappa shape index (κ2) is 3.74. The van der Waals surface area contributed by atoms with Crippen LogP contribution in [0.15, 0.2) is 11.6 Å². The zero-order chi connectivity index (χ0) is 7.40. The molecule has 0 aromatic carbocycles. The van der Waals surface area contributed by atoms with E-state index in [2.05, 4.69) is 13.0 Å². The van der Waals surface area contributed by atoms with Gasteiger partial charge in [0.25, 0.3) is 0 Å². The van der Waals surface area contributed by atoms with Crippen LogP contribution in [0.5, 0.6) is 0 Å². The smallest absolute Gasteiger partial charge is 0.114 e. The average Bonchev–Trinajstić information content (AvgIpc) is 2.05. The first-order chi connectivity index (χ1) is 4.84. The Kier molecular flexibility index (Phi) is 2.90. The van der Waals surface area contributed by atoms with E-state index in [-0.39, 0.29) is 6.10 Å². The first-order valence-corrected chi connectivity index (χ1v) is 3.75. The molecule has 2 nitrogen and oxygen atoms in total. The lowest BCUT2D eigenvalue weighted by atomic mass is 10.1. The van der Waals surface area contributed by atoms with Crippen molar-refractivity contribution in [2.75, 3.05) is 6.61 Å². The van der Waals surface area contributed by atoms with Crippen molar-refractivity contribution in [1.29, 1.82) is 0 Å². The van der Waals surface area contributed by atoms with E-state index < -0.39 is 0 Å². The third-order valence-electron chi connectivity index (χ3n) is 1.84. The summed E-state index contributed by atoms with van der Waals surface area (Å²) in [4.78, 5) is 9.93. The number of allylic oxidation sites excluding steroid dienone is 1. The van der Waals surface area contributed by atoms with Gasteiger partial charge < -0.3 is 0 Å². The van der Waals surface area contributed by atoms with E-state index in [1.165, 1.54) is 5.57 Å². The lowest BCUT2D eigenvalue weighted by Gasteiger charge is -2.21. The van der Waals surface area contributed by atoms with Gasteiger partial charge in [-0.05, 0) is 32.3 Å². The summed E-state index contributed by atoms with van der Waals surface area (Å²) in [6, 6.07) is 0. The van der Waals surface area contributed by atoms with Crippen LogP contribution in [0.2, 0.25) is 0 Å². The molecule has 2 heteroatoms. The van der Waals surface area contributed by atoms with E-state index in [0.29, 0.717) is 0 Å². The van der Waals surface area contributed by atoms with Crippen LogP contribution in [0.3, 0.4) is 0 Å². The fraction of sp³-hybridized carbons (Fsp3) is 0.750. The van der Waals surface area contributed by atoms with Crippen molar-refractivity contribution >= 4 is 0 Å². The van der Waals surface area contributed by atoms with Crippen LogP contribution in [-0.4, -0.2) is 12.7 Å². The summed E-state index contributed by atoms with van der Waals surface area (Å²) in [5.41, 5.74) is 1.26. The van der Waals surface area contributed by atoms with Crippen LogP contribution in [0.4, 0.5) is 0 Å². The maximum Gasteiger partial charge on any atom is 0.114 e. The predicted molar refractivity (Wildman–Crippen MR) is 39.5 cm³/mol. The normalized spacial score (nSPS) is 28.6. The number of hydrogen-bond donors (Lipinski definition) is 0. The maximum absolute atomic E-state index is 5.06. The summed E-state index contributed by atoms with van der Waals surface area (Å²) in [6.07, 6.45) is 4.48. The summed E-state index contributed by atoms with van der Waals surface area (Å²) >= 11 is 0. The number of rotatable bonds is 1. The Morgan fingerprint density at radius 2 is 2.40 bits per heavy atom. The molecule has 1 rings (SSSR count). The molecule has 1 heterocycles. The molecule has 0 aromatic heterocycles.